The summed E-state index contributed by atoms with van der Waals surface area (Å²) in [5.74, 6) is 2.44. The Bertz CT molecular complexity index is 566. The molecule has 0 atom stereocenters. The second-order valence-corrected chi connectivity index (χ2v) is 7.47. The van der Waals surface area contributed by atoms with Crippen LogP contribution in [-0.4, -0.2) is 5.54 Å². The predicted molar refractivity (Wildman–Crippen MR) is 78.9 cm³/mol. The molecule has 1 aromatic carbocycles. The van der Waals surface area contributed by atoms with Gasteiger partial charge < -0.3 is 5.32 Å². The van der Waals surface area contributed by atoms with E-state index in [1.807, 2.05) is 6.07 Å². The molecule has 0 amide bonds. The van der Waals surface area contributed by atoms with E-state index in [0.717, 1.165) is 17.8 Å². The van der Waals surface area contributed by atoms with Crippen LogP contribution in [-0.2, 0) is 6.54 Å². The summed E-state index contributed by atoms with van der Waals surface area (Å²) in [6, 6.07) is 6.79. The molecule has 4 saturated carbocycles. The van der Waals surface area contributed by atoms with Crippen LogP contribution in [0.25, 0.3) is 0 Å². The third-order valence-electron chi connectivity index (χ3n) is 5.87. The average molecular weight is 284 g/mol. The zero-order valence-electron chi connectivity index (χ0n) is 12.2. The van der Waals surface area contributed by atoms with Gasteiger partial charge in [0.05, 0.1) is 11.6 Å². The summed E-state index contributed by atoms with van der Waals surface area (Å²) in [7, 11) is 0. The first kappa shape index (κ1) is 13.3. The standard InChI is InChI=1S/C18H21FN2/c19-17-6-12(10-20)1-2-16(17)11-21-18-7-13-3-14(8-18)5-15(4-13)9-18/h1-2,6,13-15,21H,3-5,7-9,11H2. The van der Waals surface area contributed by atoms with Crippen molar-refractivity contribution in [2.75, 3.05) is 0 Å². The van der Waals surface area contributed by atoms with Crippen molar-refractivity contribution in [1.29, 1.82) is 5.26 Å². The number of benzene rings is 1. The molecule has 1 N–H and O–H groups in total. The summed E-state index contributed by atoms with van der Waals surface area (Å²) in [6.07, 6.45) is 8.09. The molecule has 0 radical (unpaired) electrons. The van der Waals surface area contributed by atoms with E-state index >= 15 is 0 Å². The van der Waals surface area contributed by atoms with Crippen LogP contribution < -0.4 is 5.32 Å². The lowest BCUT2D eigenvalue weighted by Crippen LogP contribution is -2.58. The lowest BCUT2D eigenvalue weighted by molar-refractivity contribution is -0.0207. The van der Waals surface area contributed by atoms with Crippen LogP contribution in [0.3, 0.4) is 0 Å². The minimum absolute atomic E-state index is 0.258. The van der Waals surface area contributed by atoms with Crippen LogP contribution in [0, 0.1) is 34.9 Å². The van der Waals surface area contributed by atoms with Crippen LogP contribution in [0.1, 0.15) is 49.7 Å². The zero-order chi connectivity index (χ0) is 14.4. The molecule has 4 fully saturated rings. The zero-order valence-corrected chi connectivity index (χ0v) is 12.2. The Kier molecular flexibility index (Phi) is 3.04. The Labute approximate surface area is 125 Å². The van der Waals surface area contributed by atoms with Gasteiger partial charge in [0.2, 0.25) is 0 Å². The van der Waals surface area contributed by atoms with E-state index in [1.165, 1.54) is 44.6 Å². The van der Waals surface area contributed by atoms with E-state index in [1.54, 1.807) is 12.1 Å². The second-order valence-electron chi connectivity index (χ2n) is 7.47. The van der Waals surface area contributed by atoms with E-state index in [2.05, 4.69) is 5.32 Å². The van der Waals surface area contributed by atoms with Crippen LogP contribution in [0.4, 0.5) is 4.39 Å². The van der Waals surface area contributed by atoms with Gasteiger partial charge in [-0.25, -0.2) is 4.39 Å². The number of nitriles is 1. The Morgan fingerprint density at radius 1 is 1.14 bits per heavy atom. The maximum Gasteiger partial charge on any atom is 0.129 e. The van der Waals surface area contributed by atoms with Crippen LogP contribution >= 0.6 is 0 Å². The minimum atomic E-state index is -0.258. The van der Waals surface area contributed by atoms with Crippen molar-refractivity contribution in [3.05, 3.63) is 35.1 Å². The Balaban J connectivity index is 1.48. The number of nitrogens with one attached hydrogen (secondary N) is 1. The number of hydrogen-bond donors (Lipinski definition) is 1. The van der Waals surface area contributed by atoms with E-state index in [0.29, 0.717) is 17.7 Å². The van der Waals surface area contributed by atoms with Crippen LogP contribution in [0.2, 0.25) is 0 Å². The summed E-state index contributed by atoms with van der Waals surface area (Å²) in [5.41, 5.74) is 1.34. The van der Waals surface area contributed by atoms with Gasteiger partial charge in [0.25, 0.3) is 0 Å². The summed E-state index contributed by atoms with van der Waals surface area (Å²) < 4.78 is 14.0. The predicted octanol–water partition coefficient (Wildman–Crippen LogP) is 3.76. The van der Waals surface area contributed by atoms with Crippen molar-refractivity contribution in [2.45, 2.75) is 50.6 Å². The maximum absolute atomic E-state index is 14.0. The Morgan fingerprint density at radius 3 is 2.29 bits per heavy atom. The smallest absolute Gasteiger partial charge is 0.129 e. The largest absolute Gasteiger partial charge is 0.307 e. The van der Waals surface area contributed by atoms with Gasteiger partial charge in [-0.15, -0.1) is 0 Å². The first-order valence-electron chi connectivity index (χ1n) is 8.09. The van der Waals surface area contributed by atoms with Gasteiger partial charge in [-0.3, -0.25) is 0 Å². The molecule has 4 bridgehead atoms. The highest BCUT2D eigenvalue weighted by Gasteiger charge is 2.50. The molecule has 3 heteroatoms. The molecule has 21 heavy (non-hydrogen) atoms. The molecule has 2 nitrogen and oxygen atoms in total. The van der Waals surface area contributed by atoms with Crippen molar-refractivity contribution >= 4 is 0 Å². The number of nitrogens with zero attached hydrogens (tertiary/aromatic N) is 1. The molecule has 0 unspecified atom stereocenters. The minimum Gasteiger partial charge on any atom is -0.307 e. The summed E-state index contributed by atoms with van der Waals surface area (Å²) >= 11 is 0. The topological polar surface area (TPSA) is 35.8 Å². The molecular formula is C18H21FN2. The van der Waals surface area contributed by atoms with Crippen molar-refractivity contribution in [3.63, 3.8) is 0 Å². The van der Waals surface area contributed by atoms with E-state index in [4.69, 9.17) is 5.26 Å². The Morgan fingerprint density at radius 2 is 1.76 bits per heavy atom. The van der Waals surface area contributed by atoms with E-state index in [-0.39, 0.29) is 11.4 Å². The molecule has 1 aromatic rings. The fourth-order valence-electron chi connectivity index (χ4n) is 5.37. The quantitative estimate of drug-likeness (QED) is 0.917. The molecule has 0 aromatic heterocycles. The Hall–Kier alpha value is -1.40. The SMILES string of the molecule is N#Cc1ccc(CNC23CC4CC(CC(C4)C2)C3)c(F)c1. The number of halogens is 1. The third-order valence-corrected chi connectivity index (χ3v) is 5.87. The fraction of sp³-hybridized carbons (Fsp3) is 0.611. The van der Waals surface area contributed by atoms with Crippen molar-refractivity contribution in [3.8, 4) is 6.07 Å². The number of hydrogen-bond acceptors (Lipinski definition) is 2. The molecule has 4 aliphatic rings. The average Bonchev–Trinajstić information content (AvgIpc) is 2.44. The van der Waals surface area contributed by atoms with Crippen molar-refractivity contribution < 1.29 is 4.39 Å². The molecule has 0 spiro atoms. The van der Waals surface area contributed by atoms with Crippen molar-refractivity contribution in [2.24, 2.45) is 17.8 Å². The molecule has 4 aliphatic carbocycles. The second kappa shape index (κ2) is 4.81. The van der Waals surface area contributed by atoms with Gasteiger partial charge in [-0.2, -0.15) is 5.26 Å². The number of rotatable bonds is 3. The first-order valence-corrected chi connectivity index (χ1v) is 8.09. The van der Waals surface area contributed by atoms with Gasteiger partial charge in [0.15, 0.2) is 0 Å². The third kappa shape index (κ3) is 2.36. The van der Waals surface area contributed by atoms with E-state index in [9.17, 15) is 4.39 Å². The van der Waals surface area contributed by atoms with Gasteiger partial charge in [0, 0.05) is 17.6 Å². The monoisotopic (exact) mass is 284 g/mol. The lowest BCUT2D eigenvalue weighted by Gasteiger charge is -2.57. The highest BCUT2D eigenvalue weighted by atomic mass is 19.1. The molecular weight excluding hydrogens is 263 g/mol. The van der Waals surface area contributed by atoms with E-state index < -0.39 is 0 Å². The molecule has 0 heterocycles. The lowest BCUT2D eigenvalue weighted by atomic mass is 9.53. The summed E-state index contributed by atoms with van der Waals surface area (Å²) in [6.45, 7) is 0.587. The maximum atomic E-state index is 14.0. The normalized spacial score (nSPS) is 36.7. The molecule has 5 rings (SSSR count). The van der Waals surface area contributed by atoms with Gasteiger partial charge in [-0.05, 0) is 68.4 Å². The van der Waals surface area contributed by atoms with Gasteiger partial charge in [-0.1, -0.05) is 6.07 Å². The molecule has 0 aliphatic heterocycles. The molecule has 110 valence electrons. The first-order chi connectivity index (χ1) is 10.2. The van der Waals surface area contributed by atoms with Crippen molar-refractivity contribution in [1.82, 2.24) is 5.32 Å². The fourth-order valence-corrected chi connectivity index (χ4v) is 5.37. The van der Waals surface area contributed by atoms with Gasteiger partial charge in [0.1, 0.15) is 5.82 Å². The summed E-state index contributed by atoms with van der Waals surface area (Å²) in [4.78, 5) is 0. The highest BCUT2D eigenvalue weighted by molar-refractivity contribution is 5.33. The summed E-state index contributed by atoms with van der Waals surface area (Å²) in [5, 5.41) is 12.5. The van der Waals surface area contributed by atoms with Crippen LogP contribution in [0.15, 0.2) is 18.2 Å². The highest BCUT2D eigenvalue weighted by Crippen LogP contribution is 2.55. The molecule has 0 saturated heterocycles. The van der Waals surface area contributed by atoms with Gasteiger partial charge >= 0.3 is 0 Å². The van der Waals surface area contributed by atoms with Crippen LogP contribution in [0.5, 0.6) is 0 Å².